The number of carbonyl (C=O) groups excluding carboxylic acids is 1. The van der Waals surface area contributed by atoms with E-state index >= 15 is 0 Å². The van der Waals surface area contributed by atoms with E-state index in [1.165, 1.54) is 0 Å². The molecule has 16 heavy (non-hydrogen) atoms. The van der Waals surface area contributed by atoms with Crippen molar-refractivity contribution >= 4 is 29.1 Å². The number of amides is 1. The summed E-state index contributed by atoms with van der Waals surface area (Å²) in [4.78, 5) is 15.9. The number of hydrogen-bond donors (Lipinski definition) is 1. The smallest absolute Gasteiger partial charge is 0.229 e. The largest absolute Gasteiger partial charge is 0.350 e. The predicted octanol–water partition coefficient (Wildman–Crippen LogP) is 2.28. The van der Waals surface area contributed by atoms with Crippen LogP contribution >= 0.6 is 23.2 Å². The number of rotatable bonds is 3. The van der Waals surface area contributed by atoms with Crippen LogP contribution in [0.25, 0.3) is 0 Å². The van der Waals surface area contributed by atoms with Crippen molar-refractivity contribution in [1.29, 1.82) is 0 Å². The zero-order chi connectivity index (χ0) is 11.8. The van der Waals surface area contributed by atoms with Crippen molar-refractivity contribution < 1.29 is 4.79 Å². The Morgan fingerprint density at radius 3 is 2.75 bits per heavy atom. The number of hydrogen-bond acceptors (Lipinski definition) is 2. The Labute approximate surface area is 104 Å². The lowest BCUT2D eigenvalue weighted by atomic mass is 10.1. The fourth-order valence-electron chi connectivity index (χ4n) is 1.51. The second kappa shape index (κ2) is 3.90. The topological polar surface area (TPSA) is 42.0 Å². The third-order valence-corrected chi connectivity index (χ3v) is 4.02. The van der Waals surface area contributed by atoms with Gasteiger partial charge in [0.05, 0.1) is 17.7 Å². The van der Waals surface area contributed by atoms with E-state index in [1.807, 2.05) is 18.2 Å². The Morgan fingerprint density at radius 1 is 1.56 bits per heavy atom. The van der Waals surface area contributed by atoms with Crippen LogP contribution in [-0.4, -0.2) is 15.2 Å². The van der Waals surface area contributed by atoms with Gasteiger partial charge >= 0.3 is 0 Å². The van der Waals surface area contributed by atoms with Gasteiger partial charge in [-0.2, -0.15) is 0 Å². The molecule has 1 N–H and O–H groups in total. The molecule has 1 aromatic heterocycles. The highest BCUT2D eigenvalue weighted by atomic mass is 35.5. The standard InChI is InChI=1S/C11H12Cl2N2O/c1-10(7-11(10,12)13)9(16)15-6-8-4-2-3-5-14-8/h2-5H,6-7H2,1H3,(H,15,16)/t10-/m0/s1. The molecule has 0 saturated heterocycles. The van der Waals surface area contributed by atoms with Gasteiger partial charge in [0.15, 0.2) is 0 Å². The van der Waals surface area contributed by atoms with Gasteiger partial charge in [-0.1, -0.05) is 6.07 Å². The Morgan fingerprint density at radius 2 is 2.25 bits per heavy atom. The molecule has 0 unspecified atom stereocenters. The van der Waals surface area contributed by atoms with Gasteiger partial charge in [0.2, 0.25) is 5.91 Å². The summed E-state index contributed by atoms with van der Waals surface area (Å²) in [6.07, 6.45) is 2.19. The maximum atomic E-state index is 11.8. The molecule has 0 aromatic carbocycles. The third-order valence-electron chi connectivity index (χ3n) is 2.92. The van der Waals surface area contributed by atoms with Gasteiger partial charge in [-0.3, -0.25) is 9.78 Å². The molecule has 86 valence electrons. The fraction of sp³-hybridized carbons (Fsp3) is 0.455. The molecule has 0 spiro atoms. The van der Waals surface area contributed by atoms with Crippen molar-refractivity contribution in [1.82, 2.24) is 10.3 Å². The van der Waals surface area contributed by atoms with Crippen LogP contribution in [-0.2, 0) is 11.3 Å². The molecule has 1 atom stereocenters. The van der Waals surface area contributed by atoms with Crippen LogP contribution in [0.3, 0.4) is 0 Å². The molecular formula is C11H12Cl2N2O. The van der Waals surface area contributed by atoms with Crippen molar-refractivity contribution in [2.45, 2.75) is 24.2 Å². The van der Waals surface area contributed by atoms with Gasteiger partial charge in [0.25, 0.3) is 0 Å². The molecule has 1 heterocycles. The molecule has 0 bridgehead atoms. The average molecular weight is 259 g/mol. The Bertz CT molecular complexity index is 408. The molecule has 1 aromatic rings. The summed E-state index contributed by atoms with van der Waals surface area (Å²) >= 11 is 11.8. The second-order valence-electron chi connectivity index (χ2n) is 4.22. The number of aromatic nitrogens is 1. The van der Waals surface area contributed by atoms with Gasteiger partial charge in [0, 0.05) is 6.20 Å². The van der Waals surface area contributed by atoms with Crippen molar-refractivity contribution in [2.75, 3.05) is 0 Å². The van der Waals surface area contributed by atoms with Crippen molar-refractivity contribution in [3.63, 3.8) is 0 Å². The highest BCUT2D eigenvalue weighted by Crippen LogP contribution is 2.63. The molecule has 0 aliphatic heterocycles. The minimum atomic E-state index is -0.915. The third kappa shape index (κ3) is 2.02. The van der Waals surface area contributed by atoms with Gasteiger partial charge in [-0.15, -0.1) is 23.2 Å². The first-order valence-electron chi connectivity index (χ1n) is 5.02. The maximum absolute atomic E-state index is 11.8. The van der Waals surface area contributed by atoms with E-state index in [4.69, 9.17) is 23.2 Å². The van der Waals surface area contributed by atoms with Gasteiger partial charge < -0.3 is 5.32 Å². The zero-order valence-corrected chi connectivity index (χ0v) is 10.3. The first kappa shape index (κ1) is 11.7. The first-order chi connectivity index (χ1) is 7.46. The van der Waals surface area contributed by atoms with Crippen LogP contribution in [0.1, 0.15) is 19.0 Å². The van der Waals surface area contributed by atoms with Crippen molar-refractivity contribution in [3.05, 3.63) is 30.1 Å². The highest BCUT2D eigenvalue weighted by Gasteiger charge is 2.67. The maximum Gasteiger partial charge on any atom is 0.229 e. The molecule has 2 rings (SSSR count). The van der Waals surface area contributed by atoms with E-state index in [1.54, 1.807) is 13.1 Å². The summed E-state index contributed by atoms with van der Waals surface area (Å²) in [6, 6.07) is 5.56. The minimum Gasteiger partial charge on any atom is -0.350 e. The number of pyridine rings is 1. The molecule has 5 heteroatoms. The Kier molecular flexibility index (Phi) is 2.84. The predicted molar refractivity (Wildman–Crippen MR) is 63.2 cm³/mol. The van der Waals surface area contributed by atoms with Crippen molar-refractivity contribution in [3.8, 4) is 0 Å². The van der Waals surface area contributed by atoms with E-state index in [0.29, 0.717) is 13.0 Å². The lowest BCUT2D eigenvalue weighted by Crippen LogP contribution is -2.33. The fourth-order valence-corrected chi connectivity index (χ4v) is 2.22. The number of nitrogens with zero attached hydrogens (tertiary/aromatic N) is 1. The average Bonchev–Trinajstić information content (AvgIpc) is 2.78. The van der Waals surface area contributed by atoms with Crippen LogP contribution in [0.2, 0.25) is 0 Å². The summed E-state index contributed by atoms with van der Waals surface area (Å²) < 4.78 is -0.915. The first-order valence-corrected chi connectivity index (χ1v) is 5.77. The number of alkyl halides is 2. The molecule has 1 aliphatic carbocycles. The van der Waals surface area contributed by atoms with E-state index in [-0.39, 0.29) is 5.91 Å². The summed E-state index contributed by atoms with van der Waals surface area (Å²) in [7, 11) is 0. The van der Waals surface area contributed by atoms with Crippen LogP contribution in [0.15, 0.2) is 24.4 Å². The monoisotopic (exact) mass is 258 g/mol. The Hall–Kier alpha value is -0.800. The molecule has 1 aliphatic rings. The molecular weight excluding hydrogens is 247 g/mol. The molecule has 1 saturated carbocycles. The lowest BCUT2D eigenvalue weighted by Gasteiger charge is -2.12. The van der Waals surface area contributed by atoms with E-state index in [0.717, 1.165) is 5.69 Å². The second-order valence-corrected chi connectivity index (χ2v) is 5.70. The van der Waals surface area contributed by atoms with Gasteiger partial charge in [-0.05, 0) is 25.5 Å². The van der Waals surface area contributed by atoms with Crippen LogP contribution in [0.4, 0.5) is 0 Å². The summed E-state index contributed by atoms with van der Waals surface area (Å²) in [5.74, 6) is -0.122. The molecule has 1 amide bonds. The molecule has 1 fully saturated rings. The van der Waals surface area contributed by atoms with Crippen LogP contribution in [0.5, 0.6) is 0 Å². The summed E-state index contributed by atoms with van der Waals surface area (Å²) in [6.45, 7) is 2.17. The zero-order valence-electron chi connectivity index (χ0n) is 8.84. The van der Waals surface area contributed by atoms with Crippen molar-refractivity contribution in [2.24, 2.45) is 5.41 Å². The van der Waals surface area contributed by atoms with E-state index < -0.39 is 9.75 Å². The lowest BCUT2D eigenvalue weighted by molar-refractivity contribution is -0.125. The minimum absolute atomic E-state index is 0.122. The normalized spacial score (nSPS) is 26.2. The number of carbonyl (C=O) groups is 1. The Balaban J connectivity index is 1.91. The summed E-state index contributed by atoms with van der Waals surface area (Å²) in [5, 5.41) is 2.79. The van der Waals surface area contributed by atoms with Crippen LogP contribution < -0.4 is 5.32 Å². The highest BCUT2D eigenvalue weighted by molar-refractivity contribution is 6.53. The van der Waals surface area contributed by atoms with E-state index in [2.05, 4.69) is 10.3 Å². The molecule has 0 radical (unpaired) electrons. The number of halogens is 2. The summed E-state index contributed by atoms with van der Waals surface area (Å²) in [5.41, 5.74) is 0.153. The molecule has 3 nitrogen and oxygen atoms in total. The van der Waals surface area contributed by atoms with Gasteiger partial charge in [-0.25, -0.2) is 0 Å². The number of nitrogens with one attached hydrogen (secondary N) is 1. The SMILES string of the molecule is C[C@@]1(C(=O)NCc2ccccn2)CC1(Cl)Cl. The van der Waals surface area contributed by atoms with Gasteiger partial charge in [0.1, 0.15) is 4.33 Å². The quantitative estimate of drug-likeness (QED) is 0.846. The van der Waals surface area contributed by atoms with E-state index in [9.17, 15) is 4.79 Å². The van der Waals surface area contributed by atoms with Crippen LogP contribution in [0, 0.1) is 5.41 Å².